The fourth-order valence-corrected chi connectivity index (χ4v) is 6.83. The molecule has 0 bridgehead atoms. The van der Waals surface area contributed by atoms with Crippen LogP contribution in [0.3, 0.4) is 0 Å². The van der Waals surface area contributed by atoms with Crippen LogP contribution < -0.4 is 5.32 Å². The normalized spacial score (nSPS) is 23.7. The van der Waals surface area contributed by atoms with Gasteiger partial charge >= 0.3 is 0 Å². The summed E-state index contributed by atoms with van der Waals surface area (Å²) in [7, 11) is -3.67. The molecule has 7 nitrogen and oxygen atoms in total. The molecular weight excluding hydrogens is 433 g/mol. The maximum atomic E-state index is 13.1. The van der Waals surface area contributed by atoms with Crippen molar-refractivity contribution in [2.24, 2.45) is 5.92 Å². The second-order valence-corrected chi connectivity index (χ2v) is 11.2. The van der Waals surface area contributed by atoms with E-state index in [2.05, 4.69) is 10.2 Å². The minimum atomic E-state index is -3.67. The van der Waals surface area contributed by atoms with Gasteiger partial charge in [-0.15, -0.1) is 0 Å². The van der Waals surface area contributed by atoms with Crippen molar-refractivity contribution in [1.29, 1.82) is 0 Å². The molecule has 1 N–H and O–H groups in total. The molecule has 178 valence electrons. The first-order chi connectivity index (χ1) is 15.4. The van der Waals surface area contributed by atoms with Crippen molar-refractivity contribution in [2.75, 3.05) is 45.9 Å². The van der Waals surface area contributed by atoms with Crippen LogP contribution in [0.4, 0.5) is 4.39 Å². The van der Waals surface area contributed by atoms with Crippen molar-refractivity contribution in [2.45, 2.75) is 55.4 Å². The molecule has 0 unspecified atom stereocenters. The van der Waals surface area contributed by atoms with Crippen molar-refractivity contribution >= 4 is 15.9 Å². The molecule has 1 aliphatic carbocycles. The summed E-state index contributed by atoms with van der Waals surface area (Å²) in [5, 5.41) is 3.22. The maximum Gasteiger partial charge on any atom is 0.243 e. The average Bonchev–Trinajstić information content (AvgIpc) is 2.84. The van der Waals surface area contributed by atoms with E-state index in [9.17, 15) is 17.6 Å². The number of rotatable bonds is 6. The predicted octanol–water partition coefficient (Wildman–Crippen LogP) is 2.38. The Morgan fingerprint density at radius 1 is 1.03 bits per heavy atom. The predicted molar refractivity (Wildman–Crippen MR) is 119 cm³/mol. The van der Waals surface area contributed by atoms with E-state index < -0.39 is 15.8 Å². The summed E-state index contributed by atoms with van der Waals surface area (Å²) in [6.07, 6.45) is 6.82. The number of nitrogens with one attached hydrogen (secondary N) is 1. The first kappa shape index (κ1) is 23.6. The van der Waals surface area contributed by atoms with E-state index in [1.165, 1.54) is 35.7 Å². The molecular formula is C23H34FN3O4S. The van der Waals surface area contributed by atoms with E-state index in [4.69, 9.17) is 4.74 Å². The van der Waals surface area contributed by atoms with Crippen LogP contribution >= 0.6 is 0 Å². The Morgan fingerprint density at radius 2 is 1.66 bits per heavy atom. The number of nitrogens with zero attached hydrogens (tertiary/aromatic N) is 2. The molecule has 2 saturated heterocycles. The van der Waals surface area contributed by atoms with Gasteiger partial charge in [-0.2, -0.15) is 4.31 Å². The number of hydrogen-bond acceptors (Lipinski definition) is 5. The van der Waals surface area contributed by atoms with Gasteiger partial charge in [0.05, 0.1) is 18.1 Å². The van der Waals surface area contributed by atoms with Gasteiger partial charge in [0.2, 0.25) is 15.9 Å². The number of amides is 1. The van der Waals surface area contributed by atoms with Crippen LogP contribution in [0.2, 0.25) is 0 Å². The summed E-state index contributed by atoms with van der Waals surface area (Å²) < 4.78 is 45.7. The van der Waals surface area contributed by atoms with Crippen LogP contribution in [-0.4, -0.2) is 75.0 Å². The molecule has 1 aromatic rings. The van der Waals surface area contributed by atoms with Gasteiger partial charge in [0, 0.05) is 44.2 Å². The second-order valence-electron chi connectivity index (χ2n) is 9.23. The summed E-state index contributed by atoms with van der Waals surface area (Å²) in [6.45, 7) is 4.57. The topological polar surface area (TPSA) is 79.0 Å². The molecule has 2 aliphatic heterocycles. The minimum Gasteiger partial charge on any atom is -0.379 e. The Balaban J connectivity index is 1.32. The number of morpholine rings is 1. The SMILES string of the molecule is O=C(NCC1(N2CCOCC2)CCCCC1)C1CCN(S(=O)(=O)c2ccc(F)cc2)CC1. The number of hydrogen-bond donors (Lipinski definition) is 1. The molecule has 3 aliphatic rings. The van der Waals surface area contributed by atoms with Crippen LogP contribution in [0.25, 0.3) is 0 Å². The molecule has 2 heterocycles. The van der Waals surface area contributed by atoms with Gasteiger partial charge in [-0.3, -0.25) is 9.69 Å². The van der Waals surface area contributed by atoms with Gasteiger partial charge in [-0.25, -0.2) is 12.8 Å². The quantitative estimate of drug-likeness (QED) is 0.695. The highest BCUT2D eigenvalue weighted by molar-refractivity contribution is 7.89. The Bertz CT molecular complexity index is 873. The summed E-state index contributed by atoms with van der Waals surface area (Å²) in [5.41, 5.74) is 0.0182. The highest BCUT2D eigenvalue weighted by atomic mass is 32.2. The lowest BCUT2D eigenvalue weighted by Crippen LogP contribution is -2.60. The smallest absolute Gasteiger partial charge is 0.243 e. The van der Waals surface area contributed by atoms with E-state index in [1.54, 1.807) is 0 Å². The number of carbonyl (C=O) groups excluding carboxylic acids is 1. The lowest BCUT2D eigenvalue weighted by molar-refractivity contribution is -0.127. The summed E-state index contributed by atoms with van der Waals surface area (Å²) in [6, 6.07) is 4.89. The maximum absolute atomic E-state index is 13.1. The molecule has 0 atom stereocenters. The van der Waals surface area contributed by atoms with Crippen LogP contribution in [0.15, 0.2) is 29.2 Å². The Morgan fingerprint density at radius 3 is 2.28 bits per heavy atom. The summed E-state index contributed by atoms with van der Waals surface area (Å²) in [4.78, 5) is 15.6. The highest BCUT2D eigenvalue weighted by Gasteiger charge is 2.40. The number of piperidine rings is 1. The minimum absolute atomic E-state index is 0.0182. The first-order valence-electron chi connectivity index (χ1n) is 11.8. The zero-order valence-electron chi connectivity index (χ0n) is 18.6. The Labute approximate surface area is 190 Å². The van der Waals surface area contributed by atoms with Gasteiger partial charge in [0.1, 0.15) is 5.82 Å². The molecule has 0 aromatic heterocycles. The fraction of sp³-hybridized carbons (Fsp3) is 0.696. The Kier molecular flexibility index (Phi) is 7.49. The van der Waals surface area contributed by atoms with Gasteiger partial charge in [-0.1, -0.05) is 19.3 Å². The highest BCUT2D eigenvalue weighted by Crippen LogP contribution is 2.34. The first-order valence-corrected chi connectivity index (χ1v) is 13.2. The van der Waals surface area contributed by atoms with E-state index >= 15 is 0 Å². The zero-order chi connectivity index (χ0) is 22.6. The van der Waals surface area contributed by atoms with Gasteiger partial charge in [0.25, 0.3) is 0 Å². The molecule has 0 spiro atoms. The van der Waals surface area contributed by atoms with Crippen molar-refractivity contribution in [3.63, 3.8) is 0 Å². The monoisotopic (exact) mass is 467 g/mol. The van der Waals surface area contributed by atoms with Crippen molar-refractivity contribution in [3.8, 4) is 0 Å². The van der Waals surface area contributed by atoms with Gasteiger partial charge < -0.3 is 10.1 Å². The molecule has 9 heteroatoms. The van der Waals surface area contributed by atoms with Crippen molar-refractivity contribution in [3.05, 3.63) is 30.1 Å². The van der Waals surface area contributed by atoms with E-state index in [1.807, 2.05) is 0 Å². The number of halogens is 1. The third-order valence-corrected chi connectivity index (χ3v) is 9.25. The molecule has 1 saturated carbocycles. The van der Waals surface area contributed by atoms with Gasteiger partial charge in [-0.05, 0) is 49.9 Å². The molecule has 1 aromatic carbocycles. The lowest BCUT2D eigenvalue weighted by Gasteiger charge is -2.48. The number of benzene rings is 1. The zero-order valence-corrected chi connectivity index (χ0v) is 19.4. The number of sulfonamides is 1. The van der Waals surface area contributed by atoms with Gasteiger partial charge in [0.15, 0.2) is 0 Å². The number of carbonyl (C=O) groups is 1. The summed E-state index contributed by atoms with van der Waals surface area (Å²) >= 11 is 0. The third kappa shape index (κ3) is 5.16. The van der Waals surface area contributed by atoms with Crippen LogP contribution in [0.5, 0.6) is 0 Å². The lowest BCUT2D eigenvalue weighted by atomic mass is 9.79. The molecule has 1 amide bonds. The fourth-order valence-electron chi connectivity index (χ4n) is 5.36. The number of ether oxygens (including phenoxy) is 1. The largest absolute Gasteiger partial charge is 0.379 e. The van der Waals surface area contributed by atoms with E-state index in [-0.39, 0.29) is 22.3 Å². The second kappa shape index (κ2) is 10.2. The van der Waals surface area contributed by atoms with Crippen LogP contribution in [-0.2, 0) is 19.6 Å². The van der Waals surface area contributed by atoms with Crippen molar-refractivity contribution < 1.29 is 22.3 Å². The Hall–Kier alpha value is -1.55. The molecule has 3 fully saturated rings. The van der Waals surface area contributed by atoms with E-state index in [0.717, 1.165) is 51.3 Å². The van der Waals surface area contributed by atoms with Crippen molar-refractivity contribution in [1.82, 2.24) is 14.5 Å². The standard InChI is InChI=1S/C23H34FN3O4S/c24-20-4-6-21(7-5-20)32(29,30)27-12-8-19(9-13-27)22(28)25-18-23(10-2-1-3-11-23)26-14-16-31-17-15-26/h4-7,19H,1-3,8-18H2,(H,25,28). The average molecular weight is 468 g/mol. The van der Waals surface area contributed by atoms with Crippen LogP contribution in [0.1, 0.15) is 44.9 Å². The molecule has 32 heavy (non-hydrogen) atoms. The van der Waals surface area contributed by atoms with E-state index in [0.29, 0.717) is 32.5 Å². The third-order valence-electron chi connectivity index (χ3n) is 7.33. The van der Waals surface area contributed by atoms with Crippen LogP contribution in [0, 0.1) is 11.7 Å². The molecule has 0 radical (unpaired) electrons. The molecule has 4 rings (SSSR count). The summed E-state index contributed by atoms with van der Waals surface area (Å²) in [5.74, 6) is -0.616.